The van der Waals surface area contributed by atoms with Crippen molar-refractivity contribution in [2.24, 2.45) is 47.3 Å². The van der Waals surface area contributed by atoms with Gasteiger partial charge in [0.15, 0.2) is 23.1 Å². The van der Waals surface area contributed by atoms with Crippen molar-refractivity contribution in [2.75, 3.05) is 52.9 Å². The number of ketones is 4. The highest BCUT2D eigenvalue weighted by Gasteiger charge is 2.48. The Morgan fingerprint density at radius 3 is 1.23 bits per heavy atom. The van der Waals surface area contributed by atoms with E-state index in [4.69, 9.17) is 37.9 Å². The molecule has 4 aliphatic heterocycles. The molecule has 4 heterocycles. The predicted molar refractivity (Wildman–Crippen MR) is 245 cm³/mol. The monoisotopic (exact) mass is 925 g/mol. The maximum Gasteiger partial charge on any atom is 0.169 e. The molecule has 0 aromatic rings. The Hall–Kier alpha value is -1.64. The number of carbonyl (C=O) groups is 4. The summed E-state index contributed by atoms with van der Waals surface area (Å²) < 4.78 is 45.7. The number of rotatable bonds is 4. The van der Waals surface area contributed by atoms with E-state index in [-0.39, 0.29) is 23.1 Å². The molecule has 12 nitrogen and oxygen atoms in total. The summed E-state index contributed by atoms with van der Waals surface area (Å²) in [5.74, 6) is 7.05. The average Bonchev–Trinajstić information content (AvgIpc) is 4.19. The third-order valence-corrected chi connectivity index (χ3v) is 18.7. The molecular formula is C54H84O12. The standard InChI is InChI=1S/C18H28O3.C16H26O3.C12H18O3.C8H12O3/c19-17-4-3-15-11-14(1-2-16(15)12-17)13-5-7-18(8-6-13)20-9-10-21-18;17-15-5-3-13(4-6-15)1-2-14-7-9-16(10-8-14)18-11-12-19-16;13-11-2-1-10-8-12(14-5-6-15-12)4-3-9(10)7-11;9-7-1-3-8(4-2-7)10-5-6-11-8/h13-16H,1-12H2;13-14H,1-12H2;9-10H,1-8H2;1-6H2. The van der Waals surface area contributed by atoms with Gasteiger partial charge in [-0.05, 0) is 124 Å². The van der Waals surface area contributed by atoms with E-state index in [2.05, 4.69) is 0 Å². The summed E-state index contributed by atoms with van der Waals surface area (Å²) in [6, 6.07) is 0. The van der Waals surface area contributed by atoms with E-state index < -0.39 is 0 Å². The minimum Gasteiger partial charge on any atom is -0.348 e. The molecule has 0 N–H and O–H groups in total. The lowest BCUT2D eigenvalue weighted by Crippen LogP contribution is -2.42. The molecule has 12 fully saturated rings. The van der Waals surface area contributed by atoms with E-state index in [0.29, 0.717) is 61.0 Å². The highest BCUT2D eigenvalue weighted by atomic mass is 16.8. The molecular weight excluding hydrogens is 841 g/mol. The molecule has 5 unspecified atom stereocenters. The van der Waals surface area contributed by atoms with Crippen LogP contribution in [0, 0.1) is 47.3 Å². The molecule has 0 amide bonds. The first-order chi connectivity index (χ1) is 32.1. The summed E-state index contributed by atoms with van der Waals surface area (Å²) >= 11 is 0. The molecule has 4 spiro atoms. The van der Waals surface area contributed by atoms with Gasteiger partial charge in [0, 0.05) is 103 Å². The summed E-state index contributed by atoms with van der Waals surface area (Å²) in [6.45, 7) is 5.99. The molecule has 8 saturated carbocycles. The van der Waals surface area contributed by atoms with Gasteiger partial charge in [0.05, 0.1) is 52.9 Å². The van der Waals surface area contributed by atoms with Gasteiger partial charge in [-0.25, -0.2) is 0 Å². The molecule has 12 aliphatic rings. The number of ether oxygens (including phenoxy) is 8. The Labute approximate surface area is 395 Å². The Bertz CT molecular complexity index is 1580. The molecule has 66 heavy (non-hydrogen) atoms. The van der Waals surface area contributed by atoms with Crippen molar-refractivity contribution in [3.63, 3.8) is 0 Å². The van der Waals surface area contributed by atoms with E-state index in [9.17, 15) is 19.2 Å². The minimum absolute atomic E-state index is 0.201. The summed E-state index contributed by atoms with van der Waals surface area (Å²) in [5.41, 5.74) is 0. The van der Waals surface area contributed by atoms with Gasteiger partial charge in [-0.15, -0.1) is 0 Å². The smallest absolute Gasteiger partial charge is 0.169 e. The van der Waals surface area contributed by atoms with Crippen LogP contribution < -0.4 is 0 Å². The van der Waals surface area contributed by atoms with Crippen molar-refractivity contribution in [1.82, 2.24) is 0 Å². The van der Waals surface area contributed by atoms with Gasteiger partial charge in [-0.3, -0.25) is 19.2 Å². The highest BCUT2D eigenvalue weighted by molar-refractivity contribution is 5.80. The number of carbonyl (C=O) groups excluding carboxylic acids is 4. The van der Waals surface area contributed by atoms with Gasteiger partial charge in [0.25, 0.3) is 0 Å². The molecule has 12 rings (SSSR count). The van der Waals surface area contributed by atoms with E-state index in [1.807, 2.05) is 0 Å². The Balaban J connectivity index is 0.000000113. The zero-order valence-corrected chi connectivity index (χ0v) is 40.4. The van der Waals surface area contributed by atoms with Crippen LogP contribution in [0.5, 0.6) is 0 Å². The Morgan fingerprint density at radius 2 is 0.682 bits per heavy atom. The van der Waals surface area contributed by atoms with Gasteiger partial charge < -0.3 is 37.9 Å². The molecule has 0 aromatic heterocycles. The average molecular weight is 925 g/mol. The van der Waals surface area contributed by atoms with Crippen molar-refractivity contribution in [3.05, 3.63) is 0 Å². The van der Waals surface area contributed by atoms with Gasteiger partial charge in [-0.1, -0.05) is 12.8 Å². The topological polar surface area (TPSA) is 142 Å². The SMILES string of the molecule is O=C1CCC(CCC2CCC3(CC2)OCCO3)CC1.O=C1CCC2(CC1)OCCO2.O=C1CCC2CC(C3CCC4(CC3)OCCO4)CCC2C1.O=C1CCC2CC3(CCC2C1)OCCO3. The zero-order chi connectivity index (χ0) is 45.5. The number of hydrogen-bond donors (Lipinski definition) is 0. The summed E-state index contributed by atoms with van der Waals surface area (Å²) in [7, 11) is 0. The van der Waals surface area contributed by atoms with Crippen molar-refractivity contribution in [2.45, 2.75) is 216 Å². The zero-order valence-electron chi connectivity index (χ0n) is 40.4. The molecule has 0 bridgehead atoms. The Kier molecular flexibility index (Phi) is 16.9. The molecule has 8 aliphatic carbocycles. The quantitative estimate of drug-likeness (QED) is 0.265. The maximum absolute atomic E-state index is 11.6. The number of fused-ring (bicyclic) bond motifs is 2. The number of hydrogen-bond acceptors (Lipinski definition) is 12. The largest absolute Gasteiger partial charge is 0.348 e. The van der Waals surface area contributed by atoms with Crippen molar-refractivity contribution in [3.8, 4) is 0 Å². The van der Waals surface area contributed by atoms with E-state index in [1.54, 1.807) is 0 Å². The summed E-state index contributed by atoms with van der Waals surface area (Å²) in [5, 5.41) is 0. The van der Waals surface area contributed by atoms with Crippen LogP contribution >= 0.6 is 0 Å². The van der Waals surface area contributed by atoms with Crippen LogP contribution in [0.15, 0.2) is 0 Å². The first-order valence-corrected chi connectivity index (χ1v) is 27.3. The second-order valence-electron chi connectivity index (χ2n) is 22.7. The lowest BCUT2D eigenvalue weighted by molar-refractivity contribution is -0.198. The normalized spacial score (nSPS) is 35.9. The Morgan fingerprint density at radius 1 is 0.318 bits per heavy atom. The van der Waals surface area contributed by atoms with E-state index in [1.165, 1.54) is 64.2 Å². The van der Waals surface area contributed by atoms with Gasteiger partial charge in [-0.2, -0.15) is 0 Å². The predicted octanol–water partition coefficient (Wildman–Crippen LogP) is 9.94. The second-order valence-corrected chi connectivity index (χ2v) is 22.7. The first-order valence-electron chi connectivity index (χ1n) is 27.3. The van der Waals surface area contributed by atoms with Crippen LogP contribution in [0.1, 0.15) is 193 Å². The van der Waals surface area contributed by atoms with Crippen LogP contribution in [0.4, 0.5) is 0 Å². The second kappa shape index (κ2) is 22.6. The fraction of sp³-hybridized carbons (Fsp3) is 0.926. The van der Waals surface area contributed by atoms with Crippen LogP contribution in [-0.4, -0.2) is 99.1 Å². The fourth-order valence-electron chi connectivity index (χ4n) is 14.6. The van der Waals surface area contributed by atoms with Gasteiger partial charge >= 0.3 is 0 Å². The van der Waals surface area contributed by atoms with E-state index >= 15 is 0 Å². The van der Waals surface area contributed by atoms with Crippen molar-refractivity contribution < 1.29 is 57.1 Å². The van der Waals surface area contributed by atoms with Crippen molar-refractivity contribution in [1.29, 1.82) is 0 Å². The lowest BCUT2D eigenvalue weighted by Gasteiger charge is -2.44. The minimum atomic E-state index is -0.367. The van der Waals surface area contributed by atoms with Crippen molar-refractivity contribution >= 4 is 23.1 Å². The molecule has 0 radical (unpaired) electrons. The molecule has 372 valence electrons. The third-order valence-electron chi connectivity index (χ3n) is 18.7. The molecule has 12 heteroatoms. The van der Waals surface area contributed by atoms with Crippen LogP contribution in [-0.2, 0) is 57.1 Å². The molecule has 0 aromatic carbocycles. The molecule has 4 saturated heterocycles. The van der Waals surface area contributed by atoms with Crippen LogP contribution in [0.2, 0.25) is 0 Å². The van der Waals surface area contributed by atoms with E-state index in [0.717, 1.165) is 191 Å². The van der Waals surface area contributed by atoms with Gasteiger partial charge in [0.1, 0.15) is 23.1 Å². The number of Topliss-reactive ketones (excluding diaryl/α,β-unsaturated/α-hetero) is 4. The molecule has 5 atom stereocenters. The highest BCUT2D eigenvalue weighted by Crippen LogP contribution is 2.50. The summed E-state index contributed by atoms with van der Waals surface area (Å²) in [6.07, 6.45) is 31.5. The first kappa shape index (κ1) is 49.3. The van der Waals surface area contributed by atoms with Crippen LogP contribution in [0.25, 0.3) is 0 Å². The lowest BCUT2D eigenvalue weighted by atomic mass is 9.62. The fourth-order valence-corrected chi connectivity index (χ4v) is 14.6. The summed E-state index contributed by atoms with van der Waals surface area (Å²) in [4.78, 5) is 45.1. The maximum atomic E-state index is 11.6. The van der Waals surface area contributed by atoms with Gasteiger partial charge in [0.2, 0.25) is 0 Å². The van der Waals surface area contributed by atoms with Crippen LogP contribution in [0.3, 0.4) is 0 Å². The third kappa shape index (κ3) is 12.8.